The number of piperidine rings is 1. The fourth-order valence-corrected chi connectivity index (χ4v) is 3.22. The summed E-state index contributed by atoms with van der Waals surface area (Å²) in [4.78, 5) is 28.2. The Hall–Kier alpha value is -1.30. The standard InChI is InChI=1S/C19H37N3O3/c1-7-16-10-8-9-12-22(16)13-11-20-17(23)15(2)14-21(6)18(24)25-19(3,4)5/h15-16H,7-14H2,1-6H3,(H,20,23)/t15-,16-/m0/s1. The minimum absolute atomic E-state index is 0.0135. The monoisotopic (exact) mass is 355 g/mol. The number of hydrogen-bond donors (Lipinski definition) is 1. The highest BCUT2D eigenvalue weighted by molar-refractivity contribution is 5.79. The Morgan fingerprint density at radius 3 is 2.60 bits per heavy atom. The maximum absolute atomic E-state index is 12.3. The second-order valence-corrected chi connectivity index (χ2v) is 8.15. The van der Waals surface area contributed by atoms with Crippen LogP contribution >= 0.6 is 0 Å². The number of ether oxygens (including phenoxy) is 1. The molecule has 0 bridgehead atoms. The Bertz CT molecular complexity index is 434. The lowest BCUT2D eigenvalue weighted by atomic mass is 10.0. The predicted molar refractivity (Wildman–Crippen MR) is 101 cm³/mol. The Kier molecular flexibility index (Phi) is 8.69. The third-order valence-corrected chi connectivity index (χ3v) is 4.62. The van der Waals surface area contributed by atoms with Gasteiger partial charge in [0.05, 0.1) is 5.92 Å². The van der Waals surface area contributed by atoms with E-state index in [1.165, 1.54) is 30.6 Å². The Morgan fingerprint density at radius 1 is 1.32 bits per heavy atom. The topological polar surface area (TPSA) is 61.9 Å². The summed E-state index contributed by atoms with van der Waals surface area (Å²) >= 11 is 0. The summed E-state index contributed by atoms with van der Waals surface area (Å²) in [5, 5.41) is 3.01. The van der Waals surface area contributed by atoms with Crippen molar-refractivity contribution in [1.29, 1.82) is 0 Å². The molecule has 1 rings (SSSR count). The molecule has 0 aromatic carbocycles. The van der Waals surface area contributed by atoms with Crippen molar-refractivity contribution >= 4 is 12.0 Å². The zero-order valence-electron chi connectivity index (χ0n) is 16.9. The van der Waals surface area contributed by atoms with Gasteiger partial charge in [-0.15, -0.1) is 0 Å². The molecule has 25 heavy (non-hydrogen) atoms. The van der Waals surface area contributed by atoms with Gasteiger partial charge in [-0.25, -0.2) is 4.79 Å². The molecule has 1 saturated heterocycles. The van der Waals surface area contributed by atoms with Crippen molar-refractivity contribution in [2.45, 2.75) is 71.9 Å². The molecule has 1 aliphatic rings. The van der Waals surface area contributed by atoms with Gasteiger partial charge in [-0.05, 0) is 46.6 Å². The summed E-state index contributed by atoms with van der Waals surface area (Å²) in [7, 11) is 1.66. The number of nitrogens with one attached hydrogen (secondary N) is 1. The average molecular weight is 356 g/mol. The van der Waals surface area contributed by atoms with Gasteiger partial charge in [-0.3, -0.25) is 9.69 Å². The first-order chi connectivity index (χ1) is 11.6. The third kappa shape index (κ3) is 8.08. The van der Waals surface area contributed by atoms with E-state index in [0.29, 0.717) is 19.1 Å². The summed E-state index contributed by atoms with van der Waals surface area (Å²) in [6, 6.07) is 0.654. The van der Waals surface area contributed by atoms with Crippen molar-refractivity contribution in [2.75, 3.05) is 33.2 Å². The molecule has 1 heterocycles. The maximum atomic E-state index is 12.3. The lowest BCUT2D eigenvalue weighted by Gasteiger charge is -2.35. The second kappa shape index (κ2) is 10.00. The molecule has 0 radical (unpaired) electrons. The summed E-state index contributed by atoms with van der Waals surface area (Å²) < 4.78 is 5.31. The van der Waals surface area contributed by atoms with Gasteiger partial charge in [0, 0.05) is 32.7 Å². The lowest BCUT2D eigenvalue weighted by Crippen LogP contribution is -2.45. The SMILES string of the molecule is CC[C@H]1CCCCN1CCNC(=O)[C@@H](C)CN(C)C(=O)OC(C)(C)C. The van der Waals surface area contributed by atoms with Gasteiger partial charge >= 0.3 is 6.09 Å². The normalized spacial score (nSPS) is 20.0. The van der Waals surface area contributed by atoms with E-state index >= 15 is 0 Å². The first-order valence-corrected chi connectivity index (χ1v) is 9.60. The van der Waals surface area contributed by atoms with Crippen LogP contribution in [0.25, 0.3) is 0 Å². The zero-order valence-corrected chi connectivity index (χ0v) is 16.9. The highest BCUT2D eigenvalue weighted by Crippen LogP contribution is 2.18. The Labute approximate surface area is 153 Å². The lowest BCUT2D eigenvalue weighted by molar-refractivity contribution is -0.124. The van der Waals surface area contributed by atoms with Gasteiger partial charge < -0.3 is 15.0 Å². The van der Waals surface area contributed by atoms with E-state index in [2.05, 4.69) is 17.1 Å². The van der Waals surface area contributed by atoms with Gasteiger partial charge in [0.2, 0.25) is 5.91 Å². The Balaban J connectivity index is 2.32. The van der Waals surface area contributed by atoms with Gasteiger partial charge in [-0.1, -0.05) is 20.3 Å². The number of carbonyl (C=O) groups excluding carboxylic acids is 2. The molecule has 1 N–H and O–H groups in total. The summed E-state index contributed by atoms with van der Waals surface area (Å²) in [5.74, 6) is -0.277. The van der Waals surface area contributed by atoms with Crippen LogP contribution in [0.5, 0.6) is 0 Å². The number of amides is 2. The van der Waals surface area contributed by atoms with E-state index in [-0.39, 0.29) is 11.8 Å². The molecule has 2 amide bonds. The Morgan fingerprint density at radius 2 is 2.00 bits per heavy atom. The van der Waals surface area contributed by atoms with E-state index in [1.54, 1.807) is 7.05 Å². The number of rotatable bonds is 7. The molecule has 1 fully saturated rings. The molecule has 6 nitrogen and oxygen atoms in total. The van der Waals surface area contributed by atoms with Crippen molar-refractivity contribution in [3.63, 3.8) is 0 Å². The smallest absolute Gasteiger partial charge is 0.410 e. The van der Waals surface area contributed by atoms with Crippen molar-refractivity contribution in [2.24, 2.45) is 5.92 Å². The van der Waals surface area contributed by atoms with E-state index < -0.39 is 11.7 Å². The largest absolute Gasteiger partial charge is 0.444 e. The molecule has 146 valence electrons. The average Bonchev–Trinajstić information content (AvgIpc) is 2.53. The summed E-state index contributed by atoms with van der Waals surface area (Å²) in [6.07, 6.45) is 4.61. The molecule has 2 atom stereocenters. The van der Waals surface area contributed by atoms with Crippen molar-refractivity contribution in [1.82, 2.24) is 15.1 Å². The van der Waals surface area contributed by atoms with E-state index in [9.17, 15) is 9.59 Å². The van der Waals surface area contributed by atoms with Crippen molar-refractivity contribution in [3.05, 3.63) is 0 Å². The number of likely N-dealkylation sites (tertiary alicyclic amines) is 1. The minimum Gasteiger partial charge on any atom is -0.444 e. The fraction of sp³-hybridized carbons (Fsp3) is 0.895. The molecule has 6 heteroatoms. The molecule has 0 unspecified atom stereocenters. The number of nitrogens with zero attached hydrogens (tertiary/aromatic N) is 2. The first kappa shape index (κ1) is 21.7. The van der Waals surface area contributed by atoms with Crippen molar-refractivity contribution < 1.29 is 14.3 Å². The molecule has 0 spiro atoms. The molecule has 0 aliphatic carbocycles. The number of hydrogen-bond acceptors (Lipinski definition) is 4. The van der Waals surface area contributed by atoms with E-state index in [4.69, 9.17) is 4.74 Å². The highest BCUT2D eigenvalue weighted by Gasteiger charge is 2.24. The number of carbonyl (C=O) groups is 2. The molecule has 1 aliphatic heterocycles. The zero-order chi connectivity index (χ0) is 19.0. The highest BCUT2D eigenvalue weighted by atomic mass is 16.6. The van der Waals surface area contributed by atoms with Crippen LogP contribution in [0.4, 0.5) is 4.79 Å². The van der Waals surface area contributed by atoms with Gasteiger partial charge in [-0.2, -0.15) is 0 Å². The van der Waals surface area contributed by atoms with Crippen LogP contribution in [-0.4, -0.2) is 66.7 Å². The van der Waals surface area contributed by atoms with Crippen LogP contribution in [0.15, 0.2) is 0 Å². The summed E-state index contributed by atoms with van der Waals surface area (Å²) in [5.41, 5.74) is -0.527. The van der Waals surface area contributed by atoms with Crippen LogP contribution in [0.1, 0.15) is 60.3 Å². The molecular weight excluding hydrogens is 318 g/mol. The van der Waals surface area contributed by atoms with Crippen LogP contribution < -0.4 is 5.32 Å². The van der Waals surface area contributed by atoms with Gasteiger partial charge in [0.1, 0.15) is 5.60 Å². The molecule has 0 aromatic heterocycles. The fourth-order valence-electron chi connectivity index (χ4n) is 3.22. The molecular formula is C19H37N3O3. The minimum atomic E-state index is -0.527. The van der Waals surface area contributed by atoms with Gasteiger partial charge in [0.15, 0.2) is 0 Å². The summed E-state index contributed by atoms with van der Waals surface area (Å²) in [6.45, 7) is 12.6. The molecule has 0 saturated carbocycles. The van der Waals surface area contributed by atoms with Crippen LogP contribution in [0, 0.1) is 5.92 Å². The van der Waals surface area contributed by atoms with E-state index in [1.807, 2.05) is 27.7 Å². The van der Waals surface area contributed by atoms with E-state index in [0.717, 1.165) is 13.1 Å². The predicted octanol–water partition coefficient (Wildman–Crippen LogP) is 2.87. The van der Waals surface area contributed by atoms with Crippen LogP contribution in [0.3, 0.4) is 0 Å². The van der Waals surface area contributed by atoms with Crippen LogP contribution in [0.2, 0.25) is 0 Å². The molecule has 0 aromatic rings. The maximum Gasteiger partial charge on any atom is 0.410 e. The quantitative estimate of drug-likeness (QED) is 0.763. The first-order valence-electron chi connectivity index (χ1n) is 9.60. The van der Waals surface area contributed by atoms with Crippen molar-refractivity contribution in [3.8, 4) is 0 Å². The third-order valence-electron chi connectivity index (χ3n) is 4.62. The van der Waals surface area contributed by atoms with Gasteiger partial charge in [0.25, 0.3) is 0 Å². The van der Waals surface area contributed by atoms with Crippen LogP contribution in [-0.2, 0) is 9.53 Å². The second-order valence-electron chi connectivity index (χ2n) is 8.15.